The number of halogens is 1. The maximum absolute atomic E-state index is 11.1. The molecule has 0 bridgehead atoms. The van der Waals surface area contributed by atoms with Crippen LogP contribution >= 0.6 is 45.3 Å². The minimum absolute atomic E-state index is 0.248. The van der Waals surface area contributed by atoms with Gasteiger partial charge in [0.25, 0.3) is 0 Å². The summed E-state index contributed by atoms with van der Waals surface area (Å²) < 4.78 is 1.18. The predicted octanol–water partition coefficient (Wildman–Crippen LogP) is 3.92. The smallest absolute Gasteiger partial charge is 0.348 e. The van der Waals surface area contributed by atoms with E-state index in [1.807, 2.05) is 12.3 Å². The zero-order valence-corrected chi connectivity index (χ0v) is 12.8. The van der Waals surface area contributed by atoms with Crippen LogP contribution in [0.4, 0.5) is 5.69 Å². The van der Waals surface area contributed by atoms with E-state index < -0.39 is 5.97 Å². The maximum Gasteiger partial charge on any atom is 0.348 e. The Hall–Kier alpha value is -0.600. The first-order valence-electron chi connectivity index (χ1n) is 4.93. The van der Waals surface area contributed by atoms with Gasteiger partial charge >= 0.3 is 5.97 Å². The first-order chi connectivity index (χ1) is 8.04. The van der Waals surface area contributed by atoms with E-state index in [2.05, 4.69) is 28.7 Å². The van der Waals surface area contributed by atoms with E-state index in [4.69, 9.17) is 10.8 Å². The third kappa shape index (κ3) is 2.34. The fourth-order valence-corrected chi connectivity index (χ4v) is 4.20. The molecule has 0 fully saturated rings. The summed E-state index contributed by atoms with van der Waals surface area (Å²) in [7, 11) is 0. The molecule has 2 aromatic heterocycles. The highest BCUT2D eigenvalue weighted by Gasteiger charge is 2.20. The highest BCUT2D eigenvalue weighted by Crippen LogP contribution is 2.40. The lowest BCUT2D eigenvalue weighted by Crippen LogP contribution is -1.99. The van der Waals surface area contributed by atoms with Gasteiger partial charge in [0.2, 0.25) is 0 Å². The fraction of sp³-hybridized carbons (Fsp3) is 0.182. The predicted molar refractivity (Wildman–Crippen MR) is 81.1 cm³/mol. The quantitative estimate of drug-likeness (QED) is 0.795. The zero-order valence-electron chi connectivity index (χ0n) is 8.99. The van der Waals surface area contributed by atoms with Crippen LogP contribution in [0.15, 0.2) is 11.4 Å². The Balaban J connectivity index is 2.61. The van der Waals surface area contributed by atoms with Gasteiger partial charge in [0, 0.05) is 15.8 Å². The molecule has 6 heteroatoms. The van der Waals surface area contributed by atoms with E-state index in [9.17, 15) is 4.79 Å². The van der Waals surface area contributed by atoms with Crippen molar-refractivity contribution in [3.63, 3.8) is 0 Å². The summed E-state index contributed by atoms with van der Waals surface area (Å²) in [5.74, 6) is -0.946. The van der Waals surface area contributed by atoms with Gasteiger partial charge < -0.3 is 10.8 Å². The van der Waals surface area contributed by atoms with Crippen molar-refractivity contribution < 1.29 is 9.90 Å². The SMILES string of the molecule is CCc1c(-c2csc(I)c2)sc(C(=O)O)c1N. The molecule has 0 radical (unpaired) electrons. The Morgan fingerprint density at radius 3 is 2.76 bits per heavy atom. The number of nitrogens with two attached hydrogens (primary N) is 1. The first-order valence-corrected chi connectivity index (χ1v) is 7.71. The van der Waals surface area contributed by atoms with Crippen LogP contribution in [-0.4, -0.2) is 11.1 Å². The van der Waals surface area contributed by atoms with Gasteiger partial charge in [0.1, 0.15) is 4.88 Å². The van der Waals surface area contributed by atoms with Crippen LogP contribution < -0.4 is 5.73 Å². The topological polar surface area (TPSA) is 63.3 Å². The molecule has 0 saturated carbocycles. The Morgan fingerprint density at radius 1 is 1.59 bits per heavy atom. The molecule has 2 rings (SSSR count). The summed E-state index contributed by atoms with van der Waals surface area (Å²) in [6.45, 7) is 1.99. The number of carbonyl (C=O) groups is 1. The standard InChI is InChI=1S/C11H10INO2S2/c1-2-6-8(13)10(11(14)15)17-9(6)5-3-7(12)16-4-5/h3-4H,2,13H2,1H3,(H,14,15). The van der Waals surface area contributed by atoms with Crippen molar-refractivity contribution in [3.05, 3.63) is 24.8 Å². The van der Waals surface area contributed by atoms with Crippen LogP contribution in [0.2, 0.25) is 0 Å². The lowest BCUT2D eigenvalue weighted by molar-refractivity contribution is 0.0703. The lowest BCUT2D eigenvalue weighted by Gasteiger charge is -1.99. The van der Waals surface area contributed by atoms with Crippen molar-refractivity contribution in [2.75, 3.05) is 5.73 Å². The van der Waals surface area contributed by atoms with Gasteiger partial charge in [-0.25, -0.2) is 4.79 Å². The molecule has 3 N–H and O–H groups in total. The third-order valence-electron chi connectivity index (χ3n) is 2.43. The number of nitrogen functional groups attached to an aromatic ring is 1. The van der Waals surface area contributed by atoms with Gasteiger partial charge in [-0.15, -0.1) is 22.7 Å². The molecular weight excluding hydrogens is 369 g/mol. The third-order valence-corrected chi connectivity index (χ3v) is 5.50. The molecule has 0 saturated heterocycles. The molecule has 0 aliphatic rings. The summed E-state index contributed by atoms with van der Waals surface area (Å²) in [4.78, 5) is 12.3. The van der Waals surface area contributed by atoms with Crippen molar-refractivity contribution in [2.45, 2.75) is 13.3 Å². The molecule has 17 heavy (non-hydrogen) atoms. The number of thiophene rings is 2. The Bertz CT molecular complexity index is 574. The number of rotatable bonds is 3. The highest BCUT2D eigenvalue weighted by molar-refractivity contribution is 14.1. The molecule has 0 amide bonds. The van der Waals surface area contributed by atoms with Crippen LogP contribution in [0.25, 0.3) is 10.4 Å². The monoisotopic (exact) mass is 379 g/mol. The zero-order chi connectivity index (χ0) is 12.6. The van der Waals surface area contributed by atoms with E-state index in [1.165, 1.54) is 14.2 Å². The van der Waals surface area contributed by atoms with Gasteiger partial charge in [0.15, 0.2) is 0 Å². The fourth-order valence-electron chi connectivity index (χ4n) is 1.65. The van der Waals surface area contributed by atoms with Crippen LogP contribution in [0, 0.1) is 2.88 Å². The van der Waals surface area contributed by atoms with E-state index in [0.717, 1.165) is 22.4 Å². The highest BCUT2D eigenvalue weighted by atomic mass is 127. The molecule has 0 aromatic carbocycles. The minimum Gasteiger partial charge on any atom is -0.477 e. The molecule has 0 spiro atoms. The number of anilines is 1. The number of carboxylic acid groups (broad SMARTS) is 1. The second-order valence-electron chi connectivity index (χ2n) is 3.45. The van der Waals surface area contributed by atoms with Gasteiger partial charge in [-0.05, 0) is 40.6 Å². The van der Waals surface area contributed by atoms with Crippen molar-refractivity contribution in [2.24, 2.45) is 0 Å². The second kappa shape index (κ2) is 4.95. The normalized spacial score (nSPS) is 10.7. The lowest BCUT2D eigenvalue weighted by atomic mass is 10.1. The number of aromatic carboxylic acids is 1. The van der Waals surface area contributed by atoms with Crippen LogP contribution in [0.1, 0.15) is 22.2 Å². The van der Waals surface area contributed by atoms with Gasteiger partial charge in [0.05, 0.1) is 8.57 Å². The molecule has 2 aromatic rings. The Morgan fingerprint density at radius 2 is 2.29 bits per heavy atom. The molecule has 3 nitrogen and oxygen atoms in total. The van der Waals surface area contributed by atoms with E-state index >= 15 is 0 Å². The van der Waals surface area contributed by atoms with E-state index in [-0.39, 0.29) is 4.88 Å². The van der Waals surface area contributed by atoms with Gasteiger partial charge in [-0.3, -0.25) is 0 Å². The summed E-state index contributed by atoms with van der Waals surface area (Å²) in [6, 6.07) is 2.06. The molecule has 0 aliphatic heterocycles. The minimum atomic E-state index is -0.946. The van der Waals surface area contributed by atoms with Crippen LogP contribution in [0.5, 0.6) is 0 Å². The van der Waals surface area contributed by atoms with E-state index in [0.29, 0.717) is 5.69 Å². The summed E-state index contributed by atoms with van der Waals surface area (Å²) in [5.41, 5.74) is 8.32. The molecule has 0 aliphatic carbocycles. The van der Waals surface area contributed by atoms with Crippen LogP contribution in [-0.2, 0) is 6.42 Å². The second-order valence-corrected chi connectivity index (χ2v) is 7.28. The molecular formula is C11H10INO2S2. The number of hydrogen-bond acceptors (Lipinski definition) is 4. The average molecular weight is 379 g/mol. The average Bonchev–Trinajstić information content (AvgIpc) is 2.82. The summed E-state index contributed by atoms with van der Waals surface area (Å²) in [6.07, 6.45) is 0.747. The van der Waals surface area contributed by atoms with Crippen molar-refractivity contribution >= 4 is 56.9 Å². The summed E-state index contributed by atoms with van der Waals surface area (Å²) in [5, 5.41) is 11.1. The number of hydrogen-bond donors (Lipinski definition) is 2. The number of carboxylic acids is 1. The molecule has 0 unspecified atom stereocenters. The largest absolute Gasteiger partial charge is 0.477 e. The van der Waals surface area contributed by atoms with Crippen molar-refractivity contribution in [1.29, 1.82) is 0 Å². The van der Waals surface area contributed by atoms with E-state index in [1.54, 1.807) is 11.3 Å². The van der Waals surface area contributed by atoms with Gasteiger partial charge in [-0.2, -0.15) is 0 Å². The Kier molecular flexibility index (Phi) is 3.74. The molecule has 90 valence electrons. The molecule has 0 atom stereocenters. The maximum atomic E-state index is 11.1. The first kappa shape index (κ1) is 12.8. The van der Waals surface area contributed by atoms with Crippen molar-refractivity contribution in [3.8, 4) is 10.4 Å². The van der Waals surface area contributed by atoms with Crippen LogP contribution in [0.3, 0.4) is 0 Å². The van der Waals surface area contributed by atoms with Crippen molar-refractivity contribution in [1.82, 2.24) is 0 Å². The molecule has 2 heterocycles. The summed E-state index contributed by atoms with van der Waals surface area (Å²) >= 11 is 5.17. The Labute approximate surface area is 120 Å². The van der Waals surface area contributed by atoms with Gasteiger partial charge in [-0.1, -0.05) is 6.92 Å².